The van der Waals surface area contributed by atoms with Crippen LogP contribution in [-0.2, 0) is 5.75 Å². The lowest BCUT2D eigenvalue weighted by molar-refractivity contribution is 0.556. The molecule has 0 radical (unpaired) electrons. The number of para-hydroxylation sites is 2. The molecule has 0 saturated carbocycles. The third-order valence-corrected chi connectivity index (χ3v) is 3.57. The van der Waals surface area contributed by atoms with Crippen LogP contribution in [0.2, 0.25) is 0 Å². The number of rotatable bonds is 3. The number of nitrogens with zero attached hydrogens (tertiary/aromatic N) is 2. The fourth-order valence-corrected chi connectivity index (χ4v) is 2.43. The summed E-state index contributed by atoms with van der Waals surface area (Å²) in [5.41, 5.74) is 8.21. The smallest absolute Gasteiger partial charge is 0.205 e. The van der Waals surface area contributed by atoms with Crippen molar-refractivity contribution in [1.29, 1.82) is 0 Å². The summed E-state index contributed by atoms with van der Waals surface area (Å²) in [6.45, 7) is 0. The van der Waals surface area contributed by atoms with E-state index in [2.05, 4.69) is 9.97 Å². The monoisotopic (exact) mass is 257 g/mol. The molecule has 18 heavy (non-hydrogen) atoms. The van der Waals surface area contributed by atoms with Gasteiger partial charge in [0.2, 0.25) is 5.89 Å². The van der Waals surface area contributed by atoms with Crippen molar-refractivity contribution < 1.29 is 4.42 Å². The fraction of sp³-hybridized carbons (Fsp3) is 0.0769. The van der Waals surface area contributed by atoms with Crippen LogP contribution in [0.4, 0.5) is 5.69 Å². The molecule has 0 amide bonds. The van der Waals surface area contributed by atoms with Gasteiger partial charge >= 0.3 is 0 Å². The van der Waals surface area contributed by atoms with Gasteiger partial charge in [0.15, 0.2) is 5.58 Å². The summed E-state index contributed by atoms with van der Waals surface area (Å²) < 4.78 is 5.64. The summed E-state index contributed by atoms with van der Waals surface area (Å²) in [5, 5.41) is 0. The summed E-state index contributed by atoms with van der Waals surface area (Å²) in [4.78, 5) is 9.36. The van der Waals surface area contributed by atoms with Gasteiger partial charge in [0.05, 0.1) is 17.6 Å². The Morgan fingerprint density at radius 3 is 2.94 bits per heavy atom. The van der Waals surface area contributed by atoms with Gasteiger partial charge in [0.1, 0.15) is 5.52 Å². The van der Waals surface area contributed by atoms with E-state index in [1.54, 1.807) is 24.2 Å². The number of hydrogen-bond donors (Lipinski definition) is 1. The first kappa shape index (κ1) is 11.1. The number of nitrogens with two attached hydrogens (primary N) is 1. The highest BCUT2D eigenvalue weighted by atomic mass is 32.2. The van der Waals surface area contributed by atoms with Crippen LogP contribution >= 0.6 is 11.8 Å². The minimum absolute atomic E-state index is 0.656. The van der Waals surface area contributed by atoms with Crippen molar-refractivity contribution in [2.24, 2.45) is 0 Å². The van der Waals surface area contributed by atoms with Crippen molar-refractivity contribution in [2.75, 3.05) is 5.73 Å². The molecule has 2 N–H and O–H groups in total. The Kier molecular flexibility index (Phi) is 2.90. The Hall–Kier alpha value is -2.01. The van der Waals surface area contributed by atoms with Crippen molar-refractivity contribution in [3.63, 3.8) is 0 Å². The first-order valence-corrected chi connectivity index (χ1v) is 6.48. The van der Waals surface area contributed by atoms with Crippen molar-refractivity contribution >= 4 is 28.5 Å². The number of aromatic nitrogens is 2. The van der Waals surface area contributed by atoms with E-state index in [9.17, 15) is 0 Å². The molecule has 0 aliphatic heterocycles. The van der Waals surface area contributed by atoms with E-state index < -0.39 is 0 Å². The normalized spacial score (nSPS) is 10.9. The number of nitrogen functional groups attached to an aromatic ring is 1. The average molecular weight is 257 g/mol. The Bertz CT molecular complexity index is 648. The molecule has 0 bridgehead atoms. The number of pyridine rings is 1. The highest BCUT2D eigenvalue weighted by molar-refractivity contribution is 7.98. The van der Waals surface area contributed by atoms with Crippen LogP contribution < -0.4 is 5.73 Å². The molecule has 0 aliphatic rings. The summed E-state index contributed by atoms with van der Waals surface area (Å²) in [6, 6.07) is 9.63. The maximum absolute atomic E-state index is 5.83. The van der Waals surface area contributed by atoms with E-state index in [0.29, 0.717) is 17.3 Å². The molecule has 4 nitrogen and oxygen atoms in total. The molecule has 0 unspecified atom stereocenters. The Balaban J connectivity index is 1.79. The van der Waals surface area contributed by atoms with Crippen LogP contribution in [0.1, 0.15) is 5.89 Å². The van der Waals surface area contributed by atoms with Crippen LogP contribution in [0.5, 0.6) is 0 Å². The van der Waals surface area contributed by atoms with E-state index in [4.69, 9.17) is 10.2 Å². The van der Waals surface area contributed by atoms with Gasteiger partial charge in [-0.25, -0.2) is 4.98 Å². The van der Waals surface area contributed by atoms with Gasteiger partial charge in [-0.05, 0) is 18.2 Å². The van der Waals surface area contributed by atoms with E-state index >= 15 is 0 Å². The second kappa shape index (κ2) is 4.70. The van der Waals surface area contributed by atoms with Crippen LogP contribution in [-0.4, -0.2) is 9.97 Å². The maximum atomic E-state index is 5.83. The minimum Gasteiger partial charge on any atom is -0.440 e. The zero-order chi connectivity index (χ0) is 12.4. The SMILES string of the molecule is Nc1cnccc1SCc1nc2ccccc2o1. The van der Waals surface area contributed by atoms with Gasteiger partial charge < -0.3 is 10.2 Å². The lowest BCUT2D eigenvalue weighted by Crippen LogP contribution is -1.89. The highest BCUT2D eigenvalue weighted by Crippen LogP contribution is 2.27. The van der Waals surface area contributed by atoms with Gasteiger partial charge in [-0.2, -0.15) is 0 Å². The number of hydrogen-bond acceptors (Lipinski definition) is 5. The zero-order valence-corrected chi connectivity index (χ0v) is 10.4. The number of thioether (sulfide) groups is 1. The molecule has 3 rings (SSSR count). The molecule has 5 heteroatoms. The predicted octanol–water partition coefficient (Wildman–Crippen LogP) is 3.10. The summed E-state index contributed by atoms with van der Waals surface area (Å²) in [6.07, 6.45) is 3.37. The van der Waals surface area contributed by atoms with Crippen molar-refractivity contribution in [1.82, 2.24) is 9.97 Å². The number of anilines is 1. The number of oxazole rings is 1. The number of fused-ring (bicyclic) bond motifs is 1. The molecule has 0 fully saturated rings. The summed E-state index contributed by atoms with van der Waals surface area (Å²) in [5.74, 6) is 1.36. The Morgan fingerprint density at radius 1 is 1.22 bits per heavy atom. The van der Waals surface area contributed by atoms with Crippen molar-refractivity contribution in [2.45, 2.75) is 10.6 Å². The molecule has 90 valence electrons. The largest absolute Gasteiger partial charge is 0.440 e. The molecular formula is C13H11N3OS. The highest BCUT2D eigenvalue weighted by Gasteiger charge is 2.06. The molecule has 2 aromatic heterocycles. The molecule has 2 heterocycles. The summed E-state index contributed by atoms with van der Waals surface area (Å²) in [7, 11) is 0. The third kappa shape index (κ3) is 2.17. The molecule has 0 spiro atoms. The Morgan fingerprint density at radius 2 is 2.11 bits per heavy atom. The Labute approximate surface area is 108 Å². The fourth-order valence-electron chi connectivity index (χ4n) is 1.65. The molecule has 0 atom stereocenters. The van der Waals surface area contributed by atoms with Gasteiger partial charge in [0, 0.05) is 11.1 Å². The second-order valence-corrected chi connectivity index (χ2v) is 4.79. The van der Waals surface area contributed by atoms with Crippen LogP contribution in [0, 0.1) is 0 Å². The third-order valence-electron chi connectivity index (χ3n) is 2.50. The second-order valence-electron chi connectivity index (χ2n) is 3.78. The standard InChI is InChI=1S/C13H11N3OS/c14-9-7-15-6-5-12(9)18-8-13-16-10-3-1-2-4-11(10)17-13/h1-7H,8,14H2. The van der Waals surface area contributed by atoms with Crippen LogP contribution in [0.15, 0.2) is 52.0 Å². The minimum atomic E-state index is 0.656. The topological polar surface area (TPSA) is 64.9 Å². The van der Waals surface area contributed by atoms with Gasteiger partial charge in [-0.1, -0.05) is 12.1 Å². The van der Waals surface area contributed by atoms with E-state index in [-0.39, 0.29) is 0 Å². The van der Waals surface area contributed by atoms with E-state index in [1.807, 2.05) is 30.3 Å². The van der Waals surface area contributed by atoms with Crippen LogP contribution in [0.3, 0.4) is 0 Å². The van der Waals surface area contributed by atoms with E-state index in [1.165, 1.54) is 0 Å². The first-order valence-electron chi connectivity index (χ1n) is 5.49. The van der Waals surface area contributed by atoms with Gasteiger partial charge in [0.25, 0.3) is 0 Å². The number of benzene rings is 1. The summed E-state index contributed by atoms with van der Waals surface area (Å²) >= 11 is 1.59. The van der Waals surface area contributed by atoms with Gasteiger partial charge in [-0.15, -0.1) is 11.8 Å². The molecular weight excluding hydrogens is 246 g/mol. The van der Waals surface area contributed by atoms with E-state index in [0.717, 1.165) is 16.0 Å². The molecule has 0 aliphatic carbocycles. The maximum Gasteiger partial charge on any atom is 0.205 e. The lowest BCUT2D eigenvalue weighted by Gasteiger charge is -2.01. The van der Waals surface area contributed by atoms with Crippen molar-refractivity contribution in [3.8, 4) is 0 Å². The molecule has 1 aromatic carbocycles. The lowest BCUT2D eigenvalue weighted by atomic mass is 10.3. The predicted molar refractivity (Wildman–Crippen MR) is 72.2 cm³/mol. The van der Waals surface area contributed by atoms with Gasteiger partial charge in [-0.3, -0.25) is 4.98 Å². The first-order chi connectivity index (χ1) is 8.83. The zero-order valence-electron chi connectivity index (χ0n) is 9.54. The quantitative estimate of drug-likeness (QED) is 0.730. The van der Waals surface area contributed by atoms with Crippen molar-refractivity contribution in [3.05, 3.63) is 48.6 Å². The molecule has 3 aromatic rings. The van der Waals surface area contributed by atoms with Crippen LogP contribution in [0.25, 0.3) is 11.1 Å². The molecule has 0 saturated heterocycles. The average Bonchev–Trinajstić information content (AvgIpc) is 2.80.